The number of rotatable bonds is 7. The zero-order valence-corrected chi connectivity index (χ0v) is 15.7. The molecular formula is C16H19ClN2O3S2. The fraction of sp³-hybridized carbons (Fsp3) is 0.312. The van der Waals surface area contributed by atoms with Crippen LogP contribution in [0.2, 0.25) is 5.02 Å². The molecule has 2 N–H and O–H groups in total. The Bertz CT molecular complexity index is 772. The molecule has 0 aliphatic carbocycles. The van der Waals surface area contributed by atoms with E-state index in [4.69, 9.17) is 11.6 Å². The molecule has 1 amide bonds. The fourth-order valence-electron chi connectivity index (χ4n) is 2.04. The van der Waals surface area contributed by atoms with Crippen LogP contribution in [-0.4, -0.2) is 20.4 Å². The van der Waals surface area contributed by atoms with E-state index in [-0.39, 0.29) is 16.0 Å². The Balaban J connectivity index is 2.04. The van der Waals surface area contributed by atoms with E-state index < -0.39 is 16.1 Å². The van der Waals surface area contributed by atoms with Crippen molar-refractivity contribution in [2.45, 2.75) is 30.6 Å². The zero-order chi connectivity index (χ0) is 17.7. The van der Waals surface area contributed by atoms with E-state index in [0.29, 0.717) is 11.6 Å². The summed E-state index contributed by atoms with van der Waals surface area (Å²) in [6, 6.07) is 9.42. The Morgan fingerprint density at radius 3 is 2.42 bits per heavy atom. The first kappa shape index (κ1) is 18.9. The molecule has 2 rings (SSSR count). The third-order valence-electron chi connectivity index (χ3n) is 3.37. The second kappa shape index (κ2) is 8.11. The molecule has 5 nitrogen and oxygen atoms in total. The summed E-state index contributed by atoms with van der Waals surface area (Å²) >= 11 is 6.94. The summed E-state index contributed by atoms with van der Waals surface area (Å²) < 4.78 is 27.3. The lowest BCUT2D eigenvalue weighted by Gasteiger charge is -2.21. The summed E-state index contributed by atoms with van der Waals surface area (Å²) in [6.07, 6.45) is 0. The number of halogens is 1. The third kappa shape index (κ3) is 5.04. The molecule has 2 aromatic rings. The normalized spacial score (nSPS) is 13.0. The number of nitrogens with one attached hydrogen (secondary N) is 2. The van der Waals surface area contributed by atoms with E-state index in [0.717, 1.165) is 16.9 Å². The highest BCUT2D eigenvalue weighted by atomic mass is 35.5. The van der Waals surface area contributed by atoms with Gasteiger partial charge < -0.3 is 5.32 Å². The first-order valence-corrected chi connectivity index (χ1v) is 10.1. The van der Waals surface area contributed by atoms with Crippen LogP contribution in [0.4, 0.5) is 0 Å². The number of sulfonamides is 1. The molecular weight excluding hydrogens is 368 g/mol. The quantitative estimate of drug-likeness (QED) is 0.768. The van der Waals surface area contributed by atoms with Crippen LogP contribution < -0.4 is 10.0 Å². The smallest absolute Gasteiger partial charge is 0.250 e. The van der Waals surface area contributed by atoms with Gasteiger partial charge in [0.25, 0.3) is 10.0 Å². The molecule has 0 radical (unpaired) electrons. The van der Waals surface area contributed by atoms with Crippen molar-refractivity contribution in [2.24, 2.45) is 5.92 Å². The van der Waals surface area contributed by atoms with Gasteiger partial charge >= 0.3 is 0 Å². The first-order valence-electron chi connectivity index (χ1n) is 7.37. The van der Waals surface area contributed by atoms with E-state index in [2.05, 4.69) is 10.0 Å². The molecule has 0 spiro atoms. The molecule has 1 heterocycles. The van der Waals surface area contributed by atoms with E-state index in [1.807, 2.05) is 12.1 Å². The number of carbonyl (C=O) groups excluding carboxylic acids is 1. The minimum Gasteiger partial charge on any atom is -0.351 e. The summed E-state index contributed by atoms with van der Waals surface area (Å²) in [7, 11) is -3.70. The number of carbonyl (C=O) groups is 1. The number of amides is 1. The van der Waals surface area contributed by atoms with Crippen LogP contribution >= 0.6 is 22.9 Å². The predicted molar refractivity (Wildman–Crippen MR) is 96.6 cm³/mol. The summed E-state index contributed by atoms with van der Waals surface area (Å²) in [6.45, 7) is 3.90. The SMILES string of the molecule is CC(C)C(NS(=O)(=O)c1cccs1)C(=O)NCc1ccc(Cl)cc1. The standard InChI is InChI=1S/C16H19ClN2O3S2/c1-11(2)15(19-24(21,22)14-4-3-9-23-14)16(20)18-10-12-5-7-13(17)8-6-12/h3-9,11,15,19H,10H2,1-2H3,(H,18,20). The van der Waals surface area contributed by atoms with Gasteiger partial charge in [-0.2, -0.15) is 4.72 Å². The molecule has 1 atom stereocenters. The van der Waals surface area contributed by atoms with Crippen molar-refractivity contribution in [3.05, 3.63) is 52.4 Å². The van der Waals surface area contributed by atoms with Crippen LogP contribution in [-0.2, 0) is 21.4 Å². The molecule has 1 unspecified atom stereocenters. The molecule has 0 bridgehead atoms. The van der Waals surface area contributed by atoms with Crippen LogP contribution in [0.25, 0.3) is 0 Å². The van der Waals surface area contributed by atoms with Gasteiger partial charge in [-0.05, 0) is 35.1 Å². The zero-order valence-electron chi connectivity index (χ0n) is 13.3. The average molecular weight is 387 g/mol. The van der Waals surface area contributed by atoms with Crippen LogP contribution in [0.3, 0.4) is 0 Å². The maximum atomic E-state index is 12.4. The van der Waals surface area contributed by atoms with Crippen molar-refractivity contribution in [1.82, 2.24) is 10.0 Å². The summed E-state index contributed by atoms with van der Waals surface area (Å²) in [5.41, 5.74) is 0.886. The molecule has 0 fully saturated rings. The molecule has 1 aromatic carbocycles. The van der Waals surface area contributed by atoms with E-state index in [1.54, 1.807) is 37.4 Å². The van der Waals surface area contributed by atoms with Gasteiger partial charge in [-0.25, -0.2) is 8.42 Å². The van der Waals surface area contributed by atoms with Crippen LogP contribution in [0, 0.1) is 5.92 Å². The number of hydrogen-bond donors (Lipinski definition) is 2. The number of benzene rings is 1. The van der Waals surface area contributed by atoms with Gasteiger partial charge in [-0.1, -0.05) is 43.6 Å². The van der Waals surface area contributed by atoms with Crippen LogP contribution in [0.5, 0.6) is 0 Å². The highest BCUT2D eigenvalue weighted by molar-refractivity contribution is 7.91. The predicted octanol–water partition coefficient (Wildman–Crippen LogP) is 3.02. The Hall–Kier alpha value is -1.41. The largest absolute Gasteiger partial charge is 0.351 e. The Morgan fingerprint density at radius 1 is 1.21 bits per heavy atom. The van der Waals surface area contributed by atoms with Gasteiger partial charge in [0, 0.05) is 11.6 Å². The minimum atomic E-state index is -3.70. The first-order chi connectivity index (χ1) is 11.3. The van der Waals surface area contributed by atoms with Crippen LogP contribution in [0.15, 0.2) is 46.0 Å². The summed E-state index contributed by atoms with van der Waals surface area (Å²) in [4.78, 5) is 12.4. The van der Waals surface area contributed by atoms with Crippen molar-refractivity contribution in [3.8, 4) is 0 Å². The lowest BCUT2D eigenvalue weighted by molar-refractivity contribution is -0.123. The monoisotopic (exact) mass is 386 g/mol. The molecule has 8 heteroatoms. The molecule has 24 heavy (non-hydrogen) atoms. The van der Waals surface area contributed by atoms with Gasteiger partial charge in [-0.15, -0.1) is 11.3 Å². The molecule has 130 valence electrons. The van der Waals surface area contributed by atoms with Gasteiger partial charge in [-0.3, -0.25) is 4.79 Å². The van der Waals surface area contributed by atoms with Crippen LogP contribution in [0.1, 0.15) is 19.4 Å². The summed E-state index contributed by atoms with van der Waals surface area (Å²) in [5.74, 6) is -0.551. The minimum absolute atomic E-state index is 0.190. The second-order valence-electron chi connectivity index (χ2n) is 5.62. The van der Waals surface area contributed by atoms with E-state index >= 15 is 0 Å². The van der Waals surface area contributed by atoms with Gasteiger partial charge in [0.2, 0.25) is 5.91 Å². The number of hydrogen-bond acceptors (Lipinski definition) is 4. The van der Waals surface area contributed by atoms with Crippen molar-refractivity contribution in [2.75, 3.05) is 0 Å². The van der Waals surface area contributed by atoms with Crippen molar-refractivity contribution >= 4 is 38.9 Å². The second-order valence-corrected chi connectivity index (χ2v) is 8.94. The van der Waals surface area contributed by atoms with Crippen molar-refractivity contribution in [1.29, 1.82) is 0 Å². The van der Waals surface area contributed by atoms with Gasteiger partial charge in [0.1, 0.15) is 10.3 Å². The topological polar surface area (TPSA) is 75.3 Å². The Labute approximate surface area is 151 Å². The van der Waals surface area contributed by atoms with Gasteiger partial charge in [0.05, 0.1) is 0 Å². The highest BCUT2D eigenvalue weighted by Gasteiger charge is 2.28. The maximum absolute atomic E-state index is 12.4. The lowest BCUT2D eigenvalue weighted by Crippen LogP contribution is -2.49. The highest BCUT2D eigenvalue weighted by Crippen LogP contribution is 2.17. The van der Waals surface area contributed by atoms with Gasteiger partial charge in [0.15, 0.2) is 0 Å². The fourth-order valence-corrected chi connectivity index (χ4v) is 4.51. The third-order valence-corrected chi connectivity index (χ3v) is 6.46. The van der Waals surface area contributed by atoms with E-state index in [1.165, 1.54) is 6.07 Å². The lowest BCUT2D eigenvalue weighted by atomic mass is 10.0. The van der Waals surface area contributed by atoms with Crippen molar-refractivity contribution in [3.63, 3.8) is 0 Å². The molecule has 1 aromatic heterocycles. The van der Waals surface area contributed by atoms with E-state index in [9.17, 15) is 13.2 Å². The van der Waals surface area contributed by atoms with Crippen molar-refractivity contribution < 1.29 is 13.2 Å². The average Bonchev–Trinajstić information content (AvgIpc) is 3.07. The Morgan fingerprint density at radius 2 is 1.88 bits per heavy atom. The molecule has 0 aliphatic heterocycles. The number of thiophene rings is 1. The molecule has 0 saturated heterocycles. The Kier molecular flexibility index (Phi) is 6.40. The maximum Gasteiger partial charge on any atom is 0.250 e. The molecule has 0 aliphatic rings. The molecule has 0 saturated carbocycles. The summed E-state index contributed by atoms with van der Waals surface area (Å²) in [5, 5.41) is 5.06.